The number of hydrogen-bond donors (Lipinski definition) is 2. The first-order valence-electron chi connectivity index (χ1n) is 11.3. The van der Waals surface area contributed by atoms with Gasteiger partial charge in [-0.3, -0.25) is 34.8 Å². The number of nitrogens with one attached hydrogen (secondary N) is 2. The second kappa shape index (κ2) is 9.46. The first kappa shape index (κ1) is 23.5. The molecule has 2 atom stereocenters. The van der Waals surface area contributed by atoms with E-state index in [4.69, 9.17) is 0 Å². The van der Waals surface area contributed by atoms with Crippen LogP contribution in [0.15, 0.2) is 85.2 Å². The highest BCUT2D eigenvalue weighted by atomic mass is 16.2. The standard InChI is InChI=1S/C26H19N5O6/c32-21-19(23(34)30(25(36)28-21)16-9-3-1-4-10-16)18(15-8-7-13-27-14-15)20-22(33)29-26(37)31(24(20)35)17-11-5-2-6-12-17/h1-14,18-20H,(H,28,32,36)(H,29,33,37). The van der Waals surface area contributed by atoms with Crippen LogP contribution in [0.25, 0.3) is 0 Å². The van der Waals surface area contributed by atoms with E-state index in [2.05, 4.69) is 15.6 Å². The third-order valence-corrected chi connectivity index (χ3v) is 6.22. The number of anilines is 2. The second-order valence-corrected chi connectivity index (χ2v) is 8.37. The van der Waals surface area contributed by atoms with Gasteiger partial charge in [-0.2, -0.15) is 0 Å². The van der Waals surface area contributed by atoms with Gasteiger partial charge < -0.3 is 0 Å². The van der Waals surface area contributed by atoms with Crippen LogP contribution in [0.4, 0.5) is 21.0 Å². The second-order valence-electron chi connectivity index (χ2n) is 8.37. The van der Waals surface area contributed by atoms with Crippen molar-refractivity contribution in [1.29, 1.82) is 0 Å². The van der Waals surface area contributed by atoms with Gasteiger partial charge in [0.15, 0.2) is 0 Å². The Morgan fingerprint density at radius 3 is 1.49 bits per heavy atom. The summed E-state index contributed by atoms with van der Waals surface area (Å²) in [4.78, 5) is 84.7. The van der Waals surface area contributed by atoms with Gasteiger partial charge in [-0.05, 0) is 35.9 Å². The Morgan fingerprint density at radius 1 is 0.622 bits per heavy atom. The van der Waals surface area contributed by atoms with Gasteiger partial charge in [0.2, 0.25) is 23.6 Å². The molecule has 37 heavy (non-hydrogen) atoms. The Labute approximate surface area is 210 Å². The summed E-state index contributed by atoms with van der Waals surface area (Å²) >= 11 is 0. The van der Waals surface area contributed by atoms with Gasteiger partial charge in [-0.25, -0.2) is 19.4 Å². The summed E-state index contributed by atoms with van der Waals surface area (Å²) in [7, 11) is 0. The predicted octanol–water partition coefficient (Wildman–Crippen LogP) is 1.96. The third kappa shape index (κ3) is 4.12. The zero-order valence-corrected chi connectivity index (χ0v) is 19.1. The molecule has 0 spiro atoms. The van der Waals surface area contributed by atoms with Crippen molar-refractivity contribution in [3.63, 3.8) is 0 Å². The minimum Gasteiger partial charge on any atom is -0.277 e. The Hall–Kier alpha value is -5.19. The number of carbonyl (C=O) groups excluding carboxylic acids is 6. The van der Waals surface area contributed by atoms with E-state index in [0.717, 1.165) is 9.80 Å². The maximum Gasteiger partial charge on any atom is 0.335 e. The molecule has 1 aromatic heterocycles. The molecule has 8 amide bonds. The number of hydrogen-bond acceptors (Lipinski definition) is 7. The average molecular weight is 497 g/mol. The van der Waals surface area contributed by atoms with Crippen LogP contribution in [0.1, 0.15) is 11.5 Å². The van der Waals surface area contributed by atoms with Crippen LogP contribution in [0.2, 0.25) is 0 Å². The number of aromatic nitrogens is 1. The van der Waals surface area contributed by atoms with E-state index in [9.17, 15) is 28.8 Å². The predicted molar refractivity (Wildman–Crippen MR) is 129 cm³/mol. The molecule has 2 aliphatic heterocycles. The minimum atomic E-state index is -1.66. The molecule has 2 fully saturated rings. The zero-order valence-electron chi connectivity index (χ0n) is 19.1. The van der Waals surface area contributed by atoms with Crippen molar-refractivity contribution in [1.82, 2.24) is 15.6 Å². The van der Waals surface area contributed by atoms with Crippen molar-refractivity contribution < 1.29 is 28.8 Å². The molecule has 2 aliphatic rings. The highest BCUT2D eigenvalue weighted by molar-refractivity contribution is 6.31. The normalized spacial score (nSPS) is 21.0. The summed E-state index contributed by atoms with van der Waals surface area (Å²) in [6, 6.07) is 17.0. The number of nitrogens with zero attached hydrogens (tertiary/aromatic N) is 3. The van der Waals surface area contributed by atoms with Crippen molar-refractivity contribution in [2.24, 2.45) is 11.8 Å². The number of amides is 8. The minimum absolute atomic E-state index is 0.202. The van der Waals surface area contributed by atoms with Crippen LogP contribution in [0.3, 0.4) is 0 Å². The van der Waals surface area contributed by atoms with Crippen molar-refractivity contribution >= 4 is 47.1 Å². The first-order chi connectivity index (χ1) is 17.9. The molecule has 2 saturated heterocycles. The monoisotopic (exact) mass is 497 g/mol. The summed E-state index contributed by atoms with van der Waals surface area (Å²) < 4.78 is 0. The Bertz CT molecular complexity index is 1320. The molecule has 0 saturated carbocycles. The average Bonchev–Trinajstić information content (AvgIpc) is 2.89. The van der Waals surface area contributed by atoms with Gasteiger partial charge in [0.25, 0.3) is 0 Å². The van der Waals surface area contributed by atoms with Crippen LogP contribution in [-0.4, -0.2) is 40.7 Å². The SMILES string of the molecule is O=C1NC(=O)N(c2ccccc2)C(=O)C1C(c1cccnc1)C1C(=O)NC(=O)N(c2ccccc2)C1=O. The van der Waals surface area contributed by atoms with Crippen LogP contribution >= 0.6 is 0 Å². The van der Waals surface area contributed by atoms with Crippen molar-refractivity contribution in [3.05, 3.63) is 90.8 Å². The molecule has 0 bridgehead atoms. The van der Waals surface area contributed by atoms with E-state index in [1.54, 1.807) is 36.4 Å². The lowest BCUT2D eigenvalue weighted by atomic mass is 9.73. The topological polar surface area (TPSA) is 146 Å². The summed E-state index contributed by atoms with van der Waals surface area (Å²) in [5.74, 6) is -8.48. The Morgan fingerprint density at radius 2 is 1.08 bits per heavy atom. The summed E-state index contributed by atoms with van der Waals surface area (Å²) in [5, 5.41) is 4.32. The number of barbiturate groups is 2. The number of benzene rings is 2. The lowest BCUT2D eigenvalue weighted by Gasteiger charge is -2.39. The van der Waals surface area contributed by atoms with Crippen LogP contribution in [0, 0.1) is 11.8 Å². The number of imide groups is 4. The van der Waals surface area contributed by atoms with Gasteiger partial charge in [0, 0.05) is 18.3 Å². The molecule has 0 radical (unpaired) electrons. The van der Waals surface area contributed by atoms with Crippen LogP contribution in [-0.2, 0) is 19.2 Å². The quantitative estimate of drug-likeness (QED) is 0.513. The number of urea groups is 2. The molecule has 2 unspecified atom stereocenters. The molecule has 0 aliphatic carbocycles. The number of para-hydroxylation sites is 2. The van der Waals surface area contributed by atoms with E-state index >= 15 is 0 Å². The molecule has 184 valence electrons. The molecule has 3 aromatic rings. The smallest absolute Gasteiger partial charge is 0.277 e. The van der Waals surface area contributed by atoms with E-state index in [-0.39, 0.29) is 16.9 Å². The maximum absolute atomic E-state index is 13.7. The molecule has 5 rings (SSSR count). The molecule has 3 heterocycles. The molecule has 11 nitrogen and oxygen atoms in total. The van der Waals surface area contributed by atoms with Crippen LogP contribution < -0.4 is 20.4 Å². The van der Waals surface area contributed by atoms with Crippen molar-refractivity contribution in [2.75, 3.05) is 9.80 Å². The number of carbonyl (C=O) groups is 6. The van der Waals surface area contributed by atoms with E-state index in [0.29, 0.717) is 0 Å². The van der Waals surface area contributed by atoms with Gasteiger partial charge >= 0.3 is 12.1 Å². The van der Waals surface area contributed by atoms with Crippen molar-refractivity contribution in [3.8, 4) is 0 Å². The van der Waals surface area contributed by atoms with E-state index in [1.807, 2.05) is 0 Å². The van der Waals surface area contributed by atoms with Gasteiger partial charge in [0.05, 0.1) is 11.4 Å². The molecule has 2 aromatic carbocycles. The highest BCUT2D eigenvalue weighted by Gasteiger charge is 2.55. The Kier molecular flexibility index (Phi) is 6.02. The zero-order chi connectivity index (χ0) is 26.1. The lowest BCUT2D eigenvalue weighted by molar-refractivity contribution is -0.140. The van der Waals surface area contributed by atoms with Crippen molar-refractivity contribution in [2.45, 2.75) is 5.92 Å². The summed E-state index contributed by atoms with van der Waals surface area (Å²) in [6.07, 6.45) is 2.78. The number of rotatable bonds is 5. The maximum atomic E-state index is 13.7. The largest absolute Gasteiger partial charge is 0.335 e. The third-order valence-electron chi connectivity index (χ3n) is 6.22. The van der Waals surface area contributed by atoms with Gasteiger partial charge in [-0.15, -0.1) is 0 Å². The fourth-order valence-electron chi connectivity index (χ4n) is 4.61. The highest BCUT2D eigenvalue weighted by Crippen LogP contribution is 2.39. The fraction of sp³-hybridized carbons (Fsp3) is 0.115. The first-order valence-corrected chi connectivity index (χ1v) is 11.3. The fourth-order valence-corrected chi connectivity index (χ4v) is 4.61. The number of pyridine rings is 1. The van der Waals surface area contributed by atoms with Crippen LogP contribution in [0.5, 0.6) is 0 Å². The Balaban J connectivity index is 1.63. The summed E-state index contributed by atoms with van der Waals surface area (Å²) in [6.45, 7) is 0. The van der Waals surface area contributed by atoms with Gasteiger partial charge in [-0.1, -0.05) is 42.5 Å². The molecule has 11 heteroatoms. The molecular weight excluding hydrogens is 478 g/mol. The molecule has 2 N–H and O–H groups in total. The van der Waals surface area contributed by atoms with E-state index < -0.39 is 53.4 Å². The summed E-state index contributed by atoms with van der Waals surface area (Å²) in [5.41, 5.74) is 0.634. The molecular formula is C26H19N5O6. The lowest BCUT2D eigenvalue weighted by Crippen LogP contribution is -2.64. The van der Waals surface area contributed by atoms with Gasteiger partial charge in [0.1, 0.15) is 11.8 Å². The van der Waals surface area contributed by atoms with E-state index in [1.165, 1.54) is 48.8 Å².